The Labute approximate surface area is 56.0 Å². The average Bonchev–Trinajstić information content (AvgIpc) is 1.59. The van der Waals surface area contributed by atoms with Gasteiger partial charge in [-0.15, -0.1) is 0 Å². The number of hydrogen-bond acceptors (Lipinski definition) is 7. The first-order valence-electron chi connectivity index (χ1n) is 2.32. The predicted octanol–water partition coefficient (Wildman–Crippen LogP) is -3.91. The molecule has 0 aliphatic carbocycles. The van der Waals surface area contributed by atoms with Crippen molar-refractivity contribution in [2.24, 2.45) is 0 Å². The van der Waals surface area contributed by atoms with Crippen molar-refractivity contribution in [3.8, 4) is 0 Å². The van der Waals surface area contributed by atoms with E-state index in [-0.39, 0.29) is 4.90 Å². The van der Waals surface area contributed by atoms with E-state index in [9.17, 15) is 0 Å². The van der Waals surface area contributed by atoms with Crippen LogP contribution >= 0.6 is 0 Å². The lowest BCUT2D eigenvalue weighted by molar-refractivity contribution is -0.346. The molecule has 0 spiro atoms. The highest BCUT2D eigenvalue weighted by atomic mass is 16.6. The minimum Gasteiger partial charge on any atom is -0.355 e. The minimum absolute atomic E-state index is 0.167. The van der Waals surface area contributed by atoms with Gasteiger partial charge in [0.2, 0.25) is 19.2 Å². The number of aliphatic hydroxyl groups is 6. The molecule has 6 N–H and O–H groups in total. The standard InChI is InChI=1S/C3H9NO6/c5-1(6)4(2(7)8)3(9)10/h1-3,5-10H. The molecule has 0 heterocycles. The zero-order valence-corrected chi connectivity index (χ0v) is 4.86. The molecular weight excluding hydrogens is 146 g/mol. The second-order valence-electron chi connectivity index (χ2n) is 1.49. The van der Waals surface area contributed by atoms with Crippen LogP contribution in [0.2, 0.25) is 0 Å². The van der Waals surface area contributed by atoms with Crippen LogP contribution in [0.4, 0.5) is 0 Å². The predicted molar refractivity (Wildman–Crippen MR) is 26.5 cm³/mol. The summed E-state index contributed by atoms with van der Waals surface area (Å²) in [6.07, 6.45) is -7.00. The van der Waals surface area contributed by atoms with Gasteiger partial charge in [0.15, 0.2) is 0 Å². The van der Waals surface area contributed by atoms with Crippen molar-refractivity contribution in [3.63, 3.8) is 0 Å². The molecule has 0 bridgehead atoms. The maximum absolute atomic E-state index is 8.19. The van der Waals surface area contributed by atoms with Crippen LogP contribution in [0.1, 0.15) is 0 Å². The Morgan fingerprint density at radius 2 is 0.800 bits per heavy atom. The third kappa shape index (κ3) is 2.54. The number of aliphatic hydroxyl groups excluding tert-OH is 3. The van der Waals surface area contributed by atoms with E-state index in [1.807, 2.05) is 0 Å². The van der Waals surface area contributed by atoms with Crippen molar-refractivity contribution in [1.29, 1.82) is 0 Å². The molecule has 0 aliphatic heterocycles. The van der Waals surface area contributed by atoms with Gasteiger partial charge in [0.05, 0.1) is 0 Å². The Hall–Kier alpha value is -0.280. The summed E-state index contributed by atoms with van der Waals surface area (Å²) in [5.74, 6) is 0. The van der Waals surface area contributed by atoms with Crippen LogP contribution in [-0.2, 0) is 0 Å². The fourth-order valence-corrected chi connectivity index (χ4v) is 0.358. The second kappa shape index (κ2) is 3.78. The quantitative estimate of drug-likeness (QED) is 0.230. The first-order chi connectivity index (χ1) is 4.46. The number of nitrogens with zero attached hydrogens (tertiary/aromatic N) is 1. The monoisotopic (exact) mass is 155 g/mol. The lowest BCUT2D eigenvalue weighted by Crippen LogP contribution is -2.49. The Morgan fingerprint density at radius 1 is 0.600 bits per heavy atom. The van der Waals surface area contributed by atoms with Gasteiger partial charge in [-0.3, -0.25) is 0 Å². The second-order valence-corrected chi connectivity index (χ2v) is 1.49. The van der Waals surface area contributed by atoms with Gasteiger partial charge >= 0.3 is 0 Å². The van der Waals surface area contributed by atoms with E-state index < -0.39 is 19.2 Å². The highest BCUT2D eigenvalue weighted by Crippen LogP contribution is 1.99. The summed E-state index contributed by atoms with van der Waals surface area (Å²) >= 11 is 0. The van der Waals surface area contributed by atoms with Crippen molar-refractivity contribution < 1.29 is 30.6 Å². The first kappa shape index (κ1) is 9.72. The summed E-state index contributed by atoms with van der Waals surface area (Å²) in [6, 6.07) is 0. The lowest BCUT2D eigenvalue weighted by atomic mass is 10.7. The van der Waals surface area contributed by atoms with Crippen molar-refractivity contribution in [3.05, 3.63) is 0 Å². The van der Waals surface area contributed by atoms with E-state index in [1.165, 1.54) is 0 Å². The van der Waals surface area contributed by atoms with E-state index in [4.69, 9.17) is 30.6 Å². The molecule has 0 aromatic carbocycles. The smallest absolute Gasteiger partial charge is 0.221 e. The van der Waals surface area contributed by atoms with Gasteiger partial charge in [0.25, 0.3) is 0 Å². The third-order valence-corrected chi connectivity index (χ3v) is 0.800. The topological polar surface area (TPSA) is 125 Å². The van der Waals surface area contributed by atoms with Gasteiger partial charge in [0.1, 0.15) is 0 Å². The summed E-state index contributed by atoms with van der Waals surface area (Å²) in [5, 5.41) is 49.2. The first-order valence-corrected chi connectivity index (χ1v) is 2.32. The molecule has 0 aliphatic rings. The lowest BCUT2D eigenvalue weighted by Gasteiger charge is -2.26. The maximum atomic E-state index is 8.19. The van der Waals surface area contributed by atoms with E-state index in [0.29, 0.717) is 0 Å². The molecule has 10 heavy (non-hydrogen) atoms. The van der Waals surface area contributed by atoms with Crippen LogP contribution in [0.15, 0.2) is 0 Å². The van der Waals surface area contributed by atoms with Gasteiger partial charge in [-0.2, -0.15) is 4.90 Å². The fourth-order valence-electron chi connectivity index (χ4n) is 0.358. The molecule has 0 aromatic heterocycles. The van der Waals surface area contributed by atoms with Crippen LogP contribution in [0, 0.1) is 0 Å². The minimum atomic E-state index is -2.33. The van der Waals surface area contributed by atoms with Crippen LogP contribution in [0.25, 0.3) is 0 Å². The normalized spacial score (nSPS) is 12.6. The summed E-state index contributed by atoms with van der Waals surface area (Å²) in [4.78, 5) is -0.167. The van der Waals surface area contributed by atoms with Gasteiger partial charge in [-0.05, 0) is 0 Å². The molecule has 0 fully saturated rings. The third-order valence-electron chi connectivity index (χ3n) is 0.800. The molecule has 7 nitrogen and oxygen atoms in total. The van der Waals surface area contributed by atoms with Gasteiger partial charge < -0.3 is 30.6 Å². The van der Waals surface area contributed by atoms with Crippen LogP contribution < -0.4 is 0 Å². The highest BCUT2D eigenvalue weighted by Gasteiger charge is 2.25. The highest BCUT2D eigenvalue weighted by molar-refractivity contribution is 4.44. The van der Waals surface area contributed by atoms with Crippen molar-refractivity contribution >= 4 is 0 Å². The number of hydrogen-bond donors (Lipinski definition) is 6. The van der Waals surface area contributed by atoms with Gasteiger partial charge in [-0.25, -0.2) is 0 Å². The molecule has 0 saturated heterocycles. The molecule has 0 saturated carbocycles. The van der Waals surface area contributed by atoms with E-state index >= 15 is 0 Å². The Kier molecular flexibility index (Phi) is 3.68. The van der Waals surface area contributed by atoms with Crippen molar-refractivity contribution in [1.82, 2.24) is 4.90 Å². The fraction of sp³-hybridized carbons (Fsp3) is 1.00. The molecule has 7 heteroatoms. The SMILES string of the molecule is OC(O)N(C(O)O)C(O)O. The van der Waals surface area contributed by atoms with E-state index in [0.717, 1.165) is 0 Å². The molecule has 0 rings (SSSR count). The van der Waals surface area contributed by atoms with Crippen LogP contribution in [0.3, 0.4) is 0 Å². The molecule has 0 amide bonds. The summed E-state index contributed by atoms with van der Waals surface area (Å²) in [6.45, 7) is 0. The average molecular weight is 155 g/mol. The molecule has 62 valence electrons. The zero-order chi connectivity index (χ0) is 8.31. The molecular formula is C3H9NO6. The molecule has 0 unspecified atom stereocenters. The number of rotatable bonds is 3. The maximum Gasteiger partial charge on any atom is 0.221 e. The Bertz CT molecular complexity index is 74.0. The van der Waals surface area contributed by atoms with Crippen molar-refractivity contribution in [2.45, 2.75) is 19.2 Å². The van der Waals surface area contributed by atoms with Gasteiger partial charge in [-0.1, -0.05) is 0 Å². The zero-order valence-electron chi connectivity index (χ0n) is 4.86. The van der Waals surface area contributed by atoms with E-state index in [1.54, 1.807) is 0 Å². The Balaban J connectivity index is 3.98. The molecule has 0 radical (unpaired) electrons. The summed E-state index contributed by atoms with van der Waals surface area (Å²) in [7, 11) is 0. The van der Waals surface area contributed by atoms with E-state index in [2.05, 4.69) is 0 Å². The van der Waals surface area contributed by atoms with Crippen LogP contribution in [0.5, 0.6) is 0 Å². The Morgan fingerprint density at radius 3 is 0.800 bits per heavy atom. The molecule has 0 atom stereocenters. The van der Waals surface area contributed by atoms with Crippen molar-refractivity contribution in [2.75, 3.05) is 0 Å². The van der Waals surface area contributed by atoms with Gasteiger partial charge in [0, 0.05) is 0 Å². The molecule has 0 aromatic rings. The largest absolute Gasteiger partial charge is 0.355 e. The van der Waals surface area contributed by atoms with Crippen LogP contribution in [-0.4, -0.2) is 54.8 Å². The summed E-state index contributed by atoms with van der Waals surface area (Å²) in [5.41, 5.74) is 0. The summed E-state index contributed by atoms with van der Waals surface area (Å²) < 4.78 is 0.